The summed E-state index contributed by atoms with van der Waals surface area (Å²) in [6, 6.07) is 61.7. The second-order valence-corrected chi connectivity index (χ2v) is 12.7. The molecule has 0 aliphatic heterocycles. The van der Waals surface area contributed by atoms with Gasteiger partial charge in [0.2, 0.25) is 0 Å². The largest absolute Gasteiger partial charge is 0.308 e. The molecule has 1 aliphatic rings. The monoisotopic (exact) mass is 622 g/mol. The highest BCUT2D eigenvalue weighted by atomic mass is 15.1. The zero-order valence-corrected chi connectivity index (χ0v) is 26.7. The molecule has 228 valence electrons. The fraction of sp³-hybridized carbons (Fsp3) is 0. The average Bonchev–Trinajstić information content (AvgIpc) is 3.50. The fourth-order valence-electron chi connectivity index (χ4n) is 8.09. The van der Waals surface area contributed by atoms with Crippen molar-refractivity contribution in [2.75, 3.05) is 4.90 Å². The lowest BCUT2D eigenvalue weighted by atomic mass is 9.82. The van der Waals surface area contributed by atoms with Crippen molar-refractivity contribution in [1.29, 1.82) is 0 Å². The minimum atomic E-state index is 1.02. The summed E-state index contributed by atoms with van der Waals surface area (Å²) in [6.45, 7) is 0. The third kappa shape index (κ3) is 4.17. The highest BCUT2D eigenvalue weighted by molar-refractivity contribution is 6.29. The van der Waals surface area contributed by atoms with Crippen molar-refractivity contribution < 1.29 is 0 Å². The third-order valence-corrected chi connectivity index (χ3v) is 10.0. The van der Waals surface area contributed by atoms with Crippen LogP contribution in [0.2, 0.25) is 0 Å². The second kappa shape index (κ2) is 11.0. The minimum absolute atomic E-state index is 1.02. The summed E-state index contributed by atoms with van der Waals surface area (Å²) < 4.78 is 0. The van der Waals surface area contributed by atoms with Crippen LogP contribution < -0.4 is 4.90 Å². The predicted octanol–water partition coefficient (Wildman–Crippen LogP) is 13.0. The van der Waals surface area contributed by atoms with Crippen molar-refractivity contribution in [3.63, 3.8) is 0 Å². The first-order chi connectivity index (χ1) is 24.4. The van der Waals surface area contributed by atoms with E-state index in [1.54, 1.807) is 0 Å². The number of benzene rings is 8. The molecule has 10 rings (SSSR count). The Morgan fingerprint density at radius 3 is 1.59 bits per heavy atom. The summed E-state index contributed by atoms with van der Waals surface area (Å²) in [5, 5.41) is 7.44. The van der Waals surface area contributed by atoms with E-state index in [0.29, 0.717) is 0 Å². The topological polar surface area (TPSA) is 16.1 Å². The number of anilines is 3. The number of aromatic nitrogens is 1. The van der Waals surface area contributed by atoms with Crippen LogP contribution in [0.3, 0.4) is 0 Å². The van der Waals surface area contributed by atoms with Gasteiger partial charge in [-0.3, -0.25) is 4.98 Å². The summed E-state index contributed by atoms with van der Waals surface area (Å²) in [4.78, 5) is 6.96. The normalized spacial score (nSPS) is 11.7. The molecule has 0 saturated carbocycles. The van der Waals surface area contributed by atoms with Gasteiger partial charge >= 0.3 is 0 Å². The van der Waals surface area contributed by atoms with Gasteiger partial charge in [0.15, 0.2) is 0 Å². The number of hydrogen-bond donors (Lipinski definition) is 0. The first kappa shape index (κ1) is 27.6. The fourth-order valence-corrected chi connectivity index (χ4v) is 8.09. The predicted molar refractivity (Wildman–Crippen MR) is 207 cm³/mol. The lowest BCUT2D eigenvalue weighted by Crippen LogP contribution is -2.11. The Bertz CT molecular complexity index is 2600. The zero-order chi connectivity index (χ0) is 32.3. The van der Waals surface area contributed by atoms with Crippen LogP contribution in [0.15, 0.2) is 182 Å². The van der Waals surface area contributed by atoms with E-state index in [-0.39, 0.29) is 0 Å². The van der Waals surface area contributed by atoms with E-state index in [1.807, 2.05) is 18.5 Å². The molecule has 0 bridgehead atoms. The van der Waals surface area contributed by atoms with Gasteiger partial charge in [-0.25, -0.2) is 0 Å². The maximum absolute atomic E-state index is 4.58. The zero-order valence-electron chi connectivity index (χ0n) is 26.7. The molecular weight excluding hydrogens is 593 g/mol. The van der Waals surface area contributed by atoms with Crippen LogP contribution in [0.5, 0.6) is 0 Å². The molecule has 1 aromatic heterocycles. The molecule has 8 aromatic carbocycles. The summed E-state index contributed by atoms with van der Waals surface area (Å²) >= 11 is 0. The van der Waals surface area contributed by atoms with Crippen LogP contribution in [0.25, 0.3) is 76.8 Å². The van der Waals surface area contributed by atoms with Gasteiger partial charge in [0.05, 0.1) is 23.3 Å². The van der Waals surface area contributed by atoms with Crippen molar-refractivity contribution in [2.45, 2.75) is 0 Å². The summed E-state index contributed by atoms with van der Waals surface area (Å²) in [5.74, 6) is 0. The number of hydrogen-bond acceptors (Lipinski definition) is 2. The lowest BCUT2D eigenvalue weighted by molar-refractivity contribution is 1.24. The minimum Gasteiger partial charge on any atom is -0.308 e. The van der Waals surface area contributed by atoms with Gasteiger partial charge in [0.1, 0.15) is 0 Å². The van der Waals surface area contributed by atoms with Crippen LogP contribution in [-0.4, -0.2) is 4.98 Å². The van der Waals surface area contributed by atoms with E-state index in [4.69, 9.17) is 0 Å². The molecule has 0 fully saturated rings. The lowest BCUT2D eigenvalue weighted by Gasteiger charge is -2.28. The number of nitrogens with zero attached hydrogens (tertiary/aromatic N) is 2. The summed E-state index contributed by atoms with van der Waals surface area (Å²) in [5.41, 5.74) is 13.5. The molecule has 0 N–H and O–H groups in total. The van der Waals surface area contributed by atoms with Crippen LogP contribution in [0, 0.1) is 0 Å². The Morgan fingerprint density at radius 2 is 0.918 bits per heavy atom. The molecule has 2 nitrogen and oxygen atoms in total. The quantitative estimate of drug-likeness (QED) is 0.190. The molecule has 0 atom stereocenters. The van der Waals surface area contributed by atoms with Crippen LogP contribution in [-0.2, 0) is 0 Å². The molecule has 0 unspecified atom stereocenters. The first-order valence-corrected chi connectivity index (χ1v) is 16.8. The van der Waals surface area contributed by atoms with Gasteiger partial charge < -0.3 is 4.90 Å². The van der Waals surface area contributed by atoms with Crippen molar-refractivity contribution >= 4 is 49.4 Å². The molecule has 0 amide bonds. The van der Waals surface area contributed by atoms with E-state index < -0.39 is 0 Å². The first-order valence-electron chi connectivity index (χ1n) is 16.8. The molecule has 49 heavy (non-hydrogen) atoms. The number of fused-ring (bicyclic) bond motifs is 5. The van der Waals surface area contributed by atoms with Gasteiger partial charge in [-0.1, -0.05) is 146 Å². The van der Waals surface area contributed by atoms with Gasteiger partial charge in [-0.15, -0.1) is 0 Å². The van der Waals surface area contributed by atoms with Crippen molar-refractivity contribution in [3.05, 3.63) is 182 Å². The highest BCUT2D eigenvalue weighted by Crippen LogP contribution is 2.59. The average molecular weight is 623 g/mol. The SMILES string of the molecule is c1ccc(-c2c3c(c(-c4ccccc4)c4ccccc24)-c2ccc(N(c4cccnc4)c4cccc5ccccc45)c4cccc-3c24)cc1. The van der Waals surface area contributed by atoms with Gasteiger partial charge in [0, 0.05) is 17.0 Å². The van der Waals surface area contributed by atoms with E-state index in [0.717, 1.165) is 17.1 Å². The Balaban J connectivity index is 1.34. The number of pyridine rings is 1. The van der Waals surface area contributed by atoms with E-state index in [2.05, 4.69) is 174 Å². The standard InChI is InChI=1S/C47H30N2/c1-3-15-32(16-4-1)43-36-22-9-10-23-37(36)44(33-17-5-2-6-18-33)47-40-27-28-42(38-24-12-25-39(45(38)40)46(43)47)49(34-20-13-29-48-30-34)41-26-11-19-31-14-7-8-21-35(31)41/h1-30H. The van der Waals surface area contributed by atoms with Crippen LogP contribution >= 0.6 is 0 Å². The van der Waals surface area contributed by atoms with E-state index >= 15 is 0 Å². The molecule has 2 heteroatoms. The maximum atomic E-state index is 4.58. The smallest absolute Gasteiger partial charge is 0.0645 e. The van der Waals surface area contributed by atoms with Crippen molar-refractivity contribution in [1.82, 2.24) is 4.98 Å². The van der Waals surface area contributed by atoms with Gasteiger partial charge in [-0.2, -0.15) is 0 Å². The van der Waals surface area contributed by atoms with Crippen molar-refractivity contribution in [3.8, 4) is 44.5 Å². The second-order valence-electron chi connectivity index (χ2n) is 12.7. The Labute approximate surface area is 285 Å². The summed E-state index contributed by atoms with van der Waals surface area (Å²) in [7, 11) is 0. The Kier molecular flexibility index (Phi) is 6.22. The Morgan fingerprint density at radius 1 is 0.367 bits per heavy atom. The molecule has 9 aromatic rings. The Hall–Kier alpha value is -6.51. The molecule has 0 spiro atoms. The maximum Gasteiger partial charge on any atom is 0.0645 e. The van der Waals surface area contributed by atoms with E-state index in [1.165, 1.54) is 76.8 Å². The van der Waals surface area contributed by atoms with E-state index in [9.17, 15) is 0 Å². The van der Waals surface area contributed by atoms with Gasteiger partial charge in [0.25, 0.3) is 0 Å². The van der Waals surface area contributed by atoms with Crippen LogP contribution in [0.1, 0.15) is 0 Å². The summed E-state index contributed by atoms with van der Waals surface area (Å²) in [6.07, 6.45) is 3.81. The molecule has 1 heterocycles. The third-order valence-electron chi connectivity index (χ3n) is 10.0. The number of rotatable bonds is 5. The van der Waals surface area contributed by atoms with Gasteiger partial charge in [-0.05, 0) is 90.3 Å². The molecule has 0 saturated heterocycles. The molecule has 1 aliphatic carbocycles. The van der Waals surface area contributed by atoms with Crippen molar-refractivity contribution in [2.24, 2.45) is 0 Å². The molecular formula is C47H30N2. The highest BCUT2D eigenvalue weighted by Gasteiger charge is 2.32. The van der Waals surface area contributed by atoms with Crippen LogP contribution in [0.4, 0.5) is 17.1 Å². The molecule has 0 radical (unpaired) electrons.